The summed E-state index contributed by atoms with van der Waals surface area (Å²) in [5.74, 6) is -0.657. The number of aliphatic carboxylic acids is 1. The van der Waals surface area contributed by atoms with Crippen LogP contribution in [0.15, 0.2) is 30.3 Å². The van der Waals surface area contributed by atoms with Gasteiger partial charge in [-0.3, -0.25) is 9.59 Å². The summed E-state index contributed by atoms with van der Waals surface area (Å²) in [5.41, 5.74) is 1.16. The van der Waals surface area contributed by atoms with Gasteiger partial charge in [0.2, 0.25) is 5.91 Å². The Morgan fingerprint density at radius 1 is 1.19 bits per heavy atom. The number of carbonyl (C=O) groups excluding carboxylic acids is 1. The zero-order valence-corrected chi connectivity index (χ0v) is 13.1. The molecular weight excluding hydrogens is 266 g/mol. The Morgan fingerprint density at radius 3 is 2.29 bits per heavy atom. The molecule has 1 atom stereocenters. The van der Waals surface area contributed by atoms with Gasteiger partial charge in [-0.1, -0.05) is 37.3 Å². The zero-order valence-electron chi connectivity index (χ0n) is 13.1. The molecule has 0 saturated carbocycles. The normalized spacial score (nSPS) is 12.2. The maximum atomic E-state index is 12.5. The molecule has 1 unspecified atom stereocenters. The van der Waals surface area contributed by atoms with Gasteiger partial charge >= 0.3 is 5.97 Å². The molecule has 0 aliphatic rings. The molecule has 1 aromatic carbocycles. The van der Waals surface area contributed by atoms with Gasteiger partial charge in [0.05, 0.1) is 6.42 Å². The second-order valence-electron chi connectivity index (χ2n) is 5.54. The van der Waals surface area contributed by atoms with E-state index in [0.29, 0.717) is 6.42 Å². The summed E-state index contributed by atoms with van der Waals surface area (Å²) in [4.78, 5) is 24.9. The number of carboxylic acid groups (broad SMARTS) is 1. The van der Waals surface area contributed by atoms with E-state index in [1.807, 2.05) is 44.2 Å². The molecule has 21 heavy (non-hydrogen) atoms. The van der Waals surface area contributed by atoms with Crippen molar-refractivity contribution in [2.24, 2.45) is 0 Å². The number of carboxylic acids is 1. The third kappa shape index (κ3) is 5.58. The molecule has 1 aromatic rings. The van der Waals surface area contributed by atoms with Gasteiger partial charge < -0.3 is 10.0 Å². The van der Waals surface area contributed by atoms with Gasteiger partial charge in [-0.15, -0.1) is 0 Å². The van der Waals surface area contributed by atoms with Gasteiger partial charge in [-0.2, -0.15) is 0 Å². The highest BCUT2D eigenvalue weighted by Crippen LogP contribution is 2.24. The molecule has 1 rings (SSSR count). The summed E-state index contributed by atoms with van der Waals surface area (Å²) < 4.78 is 0. The van der Waals surface area contributed by atoms with Crippen LogP contribution in [0.5, 0.6) is 0 Å². The molecule has 1 amide bonds. The summed E-state index contributed by atoms with van der Waals surface area (Å²) in [6.45, 7) is 6.19. The Bertz CT molecular complexity index is 456. The van der Waals surface area contributed by atoms with Gasteiger partial charge in [-0.25, -0.2) is 0 Å². The van der Waals surface area contributed by atoms with E-state index in [4.69, 9.17) is 5.11 Å². The van der Waals surface area contributed by atoms with E-state index in [1.54, 1.807) is 4.90 Å². The highest BCUT2D eigenvalue weighted by molar-refractivity contribution is 5.78. The van der Waals surface area contributed by atoms with E-state index in [2.05, 4.69) is 6.92 Å². The number of nitrogens with zero attached hydrogens (tertiary/aromatic N) is 1. The fourth-order valence-corrected chi connectivity index (χ4v) is 2.44. The van der Waals surface area contributed by atoms with Crippen LogP contribution in [0.1, 0.15) is 51.5 Å². The van der Waals surface area contributed by atoms with Crippen molar-refractivity contribution in [1.82, 2.24) is 4.90 Å². The van der Waals surface area contributed by atoms with Crippen LogP contribution in [0.4, 0.5) is 0 Å². The lowest BCUT2D eigenvalue weighted by molar-refractivity contribution is -0.139. The minimum atomic E-state index is -0.872. The molecule has 0 radical (unpaired) electrons. The Labute approximate surface area is 126 Å². The maximum absolute atomic E-state index is 12.5. The van der Waals surface area contributed by atoms with Gasteiger partial charge in [0.15, 0.2) is 0 Å². The van der Waals surface area contributed by atoms with E-state index in [9.17, 15) is 9.59 Å². The lowest BCUT2D eigenvalue weighted by Gasteiger charge is -2.28. The fraction of sp³-hybridized carbons (Fsp3) is 0.529. The second-order valence-corrected chi connectivity index (χ2v) is 5.54. The van der Waals surface area contributed by atoms with Crippen molar-refractivity contribution in [3.8, 4) is 0 Å². The maximum Gasteiger partial charge on any atom is 0.305 e. The Balaban J connectivity index is 2.72. The molecule has 4 heteroatoms. The van der Waals surface area contributed by atoms with Gasteiger partial charge in [0.1, 0.15) is 0 Å². The first-order valence-electron chi connectivity index (χ1n) is 7.51. The molecule has 0 aliphatic heterocycles. The van der Waals surface area contributed by atoms with Crippen LogP contribution in [0.3, 0.4) is 0 Å². The average Bonchev–Trinajstić information content (AvgIpc) is 2.45. The van der Waals surface area contributed by atoms with Crippen LogP contribution < -0.4 is 0 Å². The van der Waals surface area contributed by atoms with E-state index in [0.717, 1.165) is 12.0 Å². The zero-order chi connectivity index (χ0) is 15.8. The third-order valence-electron chi connectivity index (χ3n) is 3.70. The van der Waals surface area contributed by atoms with Crippen LogP contribution in [0.25, 0.3) is 0 Å². The molecule has 0 heterocycles. The third-order valence-corrected chi connectivity index (χ3v) is 3.70. The number of carbonyl (C=O) groups is 2. The predicted molar refractivity (Wildman–Crippen MR) is 83.2 cm³/mol. The first-order valence-corrected chi connectivity index (χ1v) is 7.51. The molecular formula is C17H25NO3. The highest BCUT2D eigenvalue weighted by Gasteiger charge is 2.21. The standard InChI is InChI=1S/C17H25NO3/c1-4-14(15-8-6-5-7-9-15)12-16(19)18(13(2)3)11-10-17(20)21/h5-9,13-14H,4,10-12H2,1-3H3,(H,20,21). The lowest BCUT2D eigenvalue weighted by Crippen LogP contribution is -2.39. The Hall–Kier alpha value is -1.84. The van der Waals surface area contributed by atoms with E-state index >= 15 is 0 Å². The van der Waals surface area contributed by atoms with Gasteiger partial charge in [0, 0.05) is 19.0 Å². The predicted octanol–water partition coefficient (Wildman–Crippen LogP) is 3.28. The Morgan fingerprint density at radius 2 is 1.81 bits per heavy atom. The van der Waals surface area contributed by atoms with Crippen LogP contribution >= 0.6 is 0 Å². The molecule has 0 aliphatic carbocycles. The molecule has 4 nitrogen and oxygen atoms in total. The molecule has 1 N–H and O–H groups in total. The van der Waals surface area contributed by atoms with Crippen molar-refractivity contribution in [2.45, 2.75) is 52.0 Å². The largest absolute Gasteiger partial charge is 0.481 e. The monoisotopic (exact) mass is 291 g/mol. The first-order chi connectivity index (χ1) is 9.95. The summed E-state index contributed by atoms with van der Waals surface area (Å²) in [6, 6.07) is 10.0. The molecule has 0 bridgehead atoms. The minimum Gasteiger partial charge on any atom is -0.481 e. The van der Waals surface area contributed by atoms with Crippen LogP contribution in [0, 0.1) is 0 Å². The van der Waals surface area contributed by atoms with Crippen LogP contribution in [-0.4, -0.2) is 34.5 Å². The number of hydrogen-bond acceptors (Lipinski definition) is 2. The van der Waals surface area contributed by atoms with Crippen molar-refractivity contribution >= 4 is 11.9 Å². The van der Waals surface area contributed by atoms with Gasteiger partial charge in [-0.05, 0) is 31.7 Å². The van der Waals surface area contributed by atoms with Crippen LogP contribution in [0.2, 0.25) is 0 Å². The number of amides is 1. The topological polar surface area (TPSA) is 57.6 Å². The first kappa shape index (κ1) is 17.2. The van der Waals surface area contributed by atoms with E-state index in [1.165, 1.54) is 0 Å². The lowest BCUT2D eigenvalue weighted by atomic mass is 9.92. The minimum absolute atomic E-state index is 0.00789. The quantitative estimate of drug-likeness (QED) is 0.799. The van der Waals surface area contributed by atoms with Crippen molar-refractivity contribution in [3.63, 3.8) is 0 Å². The number of benzene rings is 1. The summed E-state index contributed by atoms with van der Waals surface area (Å²) in [6.07, 6.45) is 1.31. The van der Waals surface area contributed by atoms with E-state index in [-0.39, 0.29) is 30.8 Å². The molecule has 0 spiro atoms. The number of rotatable bonds is 8. The van der Waals surface area contributed by atoms with Crippen molar-refractivity contribution in [3.05, 3.63) is 35.9 Å². The van der Waals surface area contributed by atoms with Gasteiger partial charge in [0.25, 0.3) is 0 Å². The van der Waals surface area contributed by atoms with Crippen molar-refractivity contribution in [1.29, 1.82) is 0 Å². The smallest absolute Gasteiger partial charge is 0.305 e. The highest BCUT2D eigenvalue weighted by atomic mass is 16.4. The molecule has 116 valence electrons. The molecule has 0 fully saturated rings. The fourth-order valence-electron chi connectivity index (χ4n) is 2.44. The average molecular weight is 291 g/mol. The molecule has 0 saturated heterocycles. The van der Waals surface area contributed by atoms with Crippen molar-refractivity contribution < 1.29 is 14.7 Å². The number of hydrogen-bond donors (Lipinski definition) is 1. The van der Waals surface area contributed by atoms with E-state index < -0.39 is 5.97 Å². The Kier molecular flexibility index (Phi) is 6.92. The summed E-state index contributed by atoms with van der Waals surface area (Å²) in [5, 5.41) is 8.79. The summed E-state index contributed by atoms with van der Waals surface area (Å²) in [7, 11) is 0. The van der Waals surface area contributed by atoms with Crippen LogP contribution in [-0.2, 0) is 9.59 Å². The summed E-state index contributed by atoms with van der Waals surface area (Å²) >= 11 is 0. The second kappa shape index (κ2) is 8.45. The SMILES string of the molecule is CCC(CC(=O)N(CCC(=O)O)C(C)C)c1ccccc1. The van der Waals surface area contributed by atoms with Crippen molar-refractivity contribution in [2.75, 3.05) is 6.54 Å². The molecule has 0 aromatic heterocycles.